The van der Waals surface area contributed by atoms with Crippen molar-refractivity contribution in [1.82, 2.24) is 5.32 Å². The Hall–Kier alpha value is -1.09. The minimum atomic E-state index is 0. The minimum Gasteiger partial charge on any atom is -1.00 e. The van der Waals surface area contributed by atoms with E-state index in [0.717, 1.165) is 18.4 Å². The number of amides is 1. The van der Waals surface area contributed by atoms with E-state index in [4.69, 9.17) is 0 Å². The van der Waals surface area contributed by atoms with Gasteiger partial charge in [0, 0.05) is 24.1 Å². The van der Waals surface area contributed by atoms with Crippen molar-refractivity contribution in [2.75, 3.05) is 0 Å². The highest BCUT2D eigenvalue weighted by molar-refractivity contribution is 5.80. The molecule has 4 heteroatoms. The van der Waals surface area contributed by atoms with Crippen molar-refractivity contribution in [3.8, 4) is 0 Å². The van der Waals surface area contributed by atoms with Gasteiger partial charge in [-0.1, -0.05) is 0 Å². The van der Waals surface area contributed by atoms with E-state index in [1.54, 1.807) is 0 Å². The van der Waals surface area contributed by atoms with E-state index in [-0.39, 0.29) is 18.3 Å². The average Bonchev–Trinajstić information content (AvgIpc) is 2.99. The van der Waals surface area contributed by atoms with Gasteiger partial charge in [0.2, 0.25) is 5.91 Å². The Bertz CT molecular complexity index is 298. The Labute approximate surface area is 89.3 Å². The maximum Gasteiger partial charge on any atom is 0.223 e. The number of aromatic nitrogens is 1. The van der Waals surface area contributed by atoms with Gasteiger partial charge in [-0.05, 0) is 18.9 Å². The first-order valence-corrected chi connectivity index (χ1v) is 4.59. The monoisotopic (exact) mass is 212 g/mol. The average molecular weight is 213 g/mol. The molecule has 1 heterocycles. The molecule has 2 rings (SSSR count). The molecule has 76 valence electrons. The van der Waals surface area contributed by atoms with Crippen molar-refractivity contribution in [1.29, 1.82) is 0 Å². The molecule has 1 fully saturated rings. The third-order valence-electron chi connectivity index (χ3n) is 2.19. The summed E-state index contributed by atoms with van der Waals surface area (Å²) in [5, 5.41) is 2.90. The molecule has 0 saturated heterocycles. The van der Waals surface area contributed by atoms with E-state index in [1.165, 1.54) is 0 Å². The van der Waals surface area contributed by atoms with E-state index < -0.39 is 0 Å². The number of hydrogen-bond acceptors (Lipinski definition) is 1. The van der Waals surface area contributed by atoms with Gasteiger partial charge < -0.3 is 17.7 Å². The normalized spacial score (nSPS) is 14.3. The Balaban J connectivity index is 0.000000980. The Morgan fingerprint density at radius 3 is 2.93 bits per heavy atom. The fourth-order valence-electron chi connectivity index (χ4n) is 1.22. The fraction of sp³-hybridized carbons (Fsp3) is 0.400. The predicted octanol–water partition coefficient (Wildman–Crippen LogP) is -2.47. The van der Waals surface area contributed by atoms with Gasteiger partial charge in [0.15, 0.2) is 12.4 Å². The van der Waals surface area contributed by atoms with E-state index >= 15 is 0 Å². The first kappa shape index (κ1) is 11.0. The van der Waals surface area contributed by atoms with E-state index in [1.807, 2.05) is 24.5 Å². The molecule has 0 radical (unpaired) electrons. The van der Waals surface area contributed by atoms with E-state index in [9.17, 15) is 4.79 Å². The van der Waals surface area contributed by atoms with Crippen molar-refractivity contribution in [2.24, 2.45) is 5.92 Å². The zero-order chi connectivity index (χ0) is 9.10. The van der Waals surface area contributed by atoms with Gasteiger partial charge >= 0.3 is 0 Å². The molecule has 1 aromatic heterocycles. The van der Waals surface area contributed by atoms with Crippen LogP contribution in [0.5, 0.6) is 0 Å². The molecule has 0 unspecified atom stereocenters. The number of halogens is 1. The van der Waals surface area contributed by atoms with Gasteiger partial charge in [0.1, 0.15) is 0 Å². The molecule has 0 bridgehead atoms. The molecule has 0 aromatic carbocycles. The quantitative estimate of drug-likeness (QED) is 0.593. The second-order valence-electron chi connectivity index (χ2n) is 3.40. The molecule has 2 N–H and O–H groups in total. The molecule has 0 spiro atoms. The van der Waals surface area contributed by atoms with Crippen LogP contribution in [0.3, 0.4) is 0 Å². The maximum absolute atomic E-state index is 11.3. The number of pyridine rings is 1. The molecule has 0 aliphatic heterocycles. The van der Waals surface area contributed by atoms with Gasteiger partial charge in [0.05, 0.1) is 0 Å². The number of rotatable bonds is 3. The lowest BCUT2D eigenvalue weighted by Gasteiger charge is -2.01. The minimum absolute atomic E-state index is 0. The number of carbonyl (C=O) groups is 1. The molecule has 1 amide bonds. The number of hydrogen-bond donors (Lipinski definition) is 1. The maximum atomic E-state index is 11.3. The molecule has 1 saturated carbocycles. The van der Waals surface area contributed by atoms with Crippen LogP contribution in [0.15, 0.2) is 24.5 Å². The van der Waals surface area contributed by atoms with Crippen LogP contribution in [0.1, 0.15) is 18.4 Å². The summed E-state index contributed by atoms with van der Waals surface area (Å²) >= 11 is 0. The first-order valence-electron chi connectivity index (χ1n) is 4.59. The SMILES string of the molecule is O=C(NCc1ccc[nH+]c1)C1CC1.[Cl-]. The lowest BCUT2D eigenvalue weighted by molar-refractivity contribution is -0.378. The summed E-state index contributed by atoms with van der Waals surface area (Å²) in [5.74, 6) is 0.497. The molecular formula is C10H13ClN2O. The van der Waals surface area contributed by atoms with Crippen LogP contribution in [-0.2, 0) is 11.3 Å². The van der Waals surface area contributed by atoms with Crippen molar-refractivity contribution in [2.45, 2.75) is 19.4 Å². The Kier molecular flexibility index (Phi) is 3.89. The van der Waals surface area contributed by atoms with Crippen LogP contribution >= 0.6 is 0 Å². The zero-order valence-corrected chi connectivity index (χ0v) is 8.55. The third kappa shape index (κ3) is 3.00. The van der Waals surface area contributed by atoms with Crippen molar-refractivity contribution >= 4 is 5.91 Å². The van der Waals surface area contributed by atoms with Crippen LogP contribution in [0.4, 0.5) is 0 Å². The van der Waals surface area contributed by atoms with Crippen LogP contribution in [0.25, 0.3) is 0 Å². The largest absolute Gasteiger partial charge is 1.00 e. The third-order valence-corrected chi connectivity index (χ3v) is 2.19. The molecular weight excluding hydrogens is 200 g/mol. The number of H-pyrrole nitrogens is 1. The molecule has 14 heavy (non-hydrogen) atoms. The Morgan fingerprint density at radius 1 is 1.57 bits per heavy atom. The standard InChI is InChI=1S/C10H12N2O.ClH/c13-10(9-3-4-9)12-7-8-2-1-5-11-6-8;/h1-2,5-6,9H,3-4,7H2,(H,12,13);1H. The number of carbonyl (C=O) groups excluding carboxylic acids is 1. The summed E-state index contributed by atoms with van der Waals surface area (Å²) in [6.07, 6.45) is 5.87. The predicted molar refractivity (Wildman–Crippen MR) is 47.6 cm³/mol. The highest BCUT2D eigenvalue weighted by Gasteiger charge is 2.29. The number of aromatic amines is 1. The summed E-state index contributed by atoms with van der Waals surface area (Å²) in [6.45, 7) is 0.632. The molecule has 1 aliphatic rings. The van der Waals surface area contributed by atoms with Gasteiger partial charge in [-0.2, -0.15) is 0 Å². The van der Waals surface area contributed by atoms with Crippen LogP contribution in [0, 0.1) is 5.92 Å². The molecule has 1 aliphatic carbocycles. The van der Waals surface area contributed by atoms with E-state index in [2.05, 4.69) is 10.3 Å². The smallest absolute Gasteiger partial charge is 0.223 e. The summed E-state index contributed by atoms with van der Waals surface area (Å²) in [6, 6.07) is 3.92. The summed E-state index contributed by atoms with van der Waals surface area (Å²) in [7, 11) is 0. The van der Waals surface area contributed by atoms with Gasteiger partial charge in [-0.3, -0.25) is 4.79 Å². The first-order chi connectivity index (χ1) is 6.36. The second kappa shape index (κ2) is 4.96. The highest BCUT2D eigenvalue weighted by Crippen LogP contribution is 2.28. The van der Waals surface area contributed by atoms with Crippen molar-refractivity contribution in [3.05, 3.63) is 30.1 Å². The summed E-state index contributed by atoms with van der Waals surface area (Å²) in [5.41, 5.74) is 1.11. The molecule has 0 atom stereocenters. The molecule has 1 aromatic rings. The number of nitrogens with one attached hydrogen (secondary N) is 2. The van der Waals surface area contributed by atoms with Crippen molar-refractivity contribution in [3.63, 3.8) is 0 Å². The van der Waals surface area contributed by atoms with E-state index in [0.29, 0.717) is 12.5 Å². The zero-order valence-electron chi connectivity index (χ0n) is 7.79. The second-order valence-corrected chi connectivity index (χ2v) is 3.40. The highest BCUT2D eigenvalue weighted by atomic mass is 35.5. The van der Waals surface area contributed by atoms with Crippen LogP contribution in [-0.4, -0.2) is 5.91 Å². The van der Waals surface area contributed by atoms with Gasteiger partial charge in [0.25, 0.3) is 0 Å². The van der Waals surface area contributed by atoms with Crippen LogP contribution in [0.2, 0.25) is 0 Å². The van der Waals surface area contributed by atoms with Crippen molar-refractivity contribution < 1.29 is 22.2 Å². The van der Waals surface area contributed by atoms with Gasteiger partial charge in [-0.25, -0.2) is 4.98 Å². The molecule has 3 nitrogen and oxygen atoms in total. The topological polar surface area (TPSA) is 43.2 Å². The fourth-order valence-corrected chi connectivity index (χ4v) is 1.22. The Morgan fingerprint density at radius 2 is 2.36 bits per heavy atom. The summed E-state index contributed by atoms with van der Waals surface area (Å²) in [4.78, 5) is 14.2. The lowest BCUT2D eigenvalue weighted by Crippen LogP contribution is -3.00. The van der Waals surface area contributed by atoms with Crippen LogP contribution < -0.4 is 22.7 Å². The lowest BCUT2D eigenvalue weighted by atomic mass is 10.3. The summed E-state index contributed by atoms with van der Waals surface area (Å²) < 4.78 is 0. The van der Waals surface area contributed by atoms with Gasteiger partial charge in [-0.15, -0.1) is 0 Å².